The highest BCUT2D eigenvalue weighted by molar-refractivity contribution is 4.71. The van der Waals surface area contributed by atoms with Gasteiger partial charge in [0.05, 0.1) is 25.4 Å². The minimum absolute atomic E-state index is 0.347. The summed E-state index contributed by atoms with van der Waals surface area (Å²) in [5.74, 6) is 0. The number of rotatable bonds is 8. The number of hydrogen-bond acceptors (Lipinski definition) is 4. The maximum Gasteiger partial charge on any atom is 0.0596 e. The monoisotopic (exact) mass is 258 g/mol. The molecule has 0 aromatic rings. The van der Waals surface area contributed by atoms with Crippen LogP contribution >= 0.6 is 0 Å². The van der Waals surface area contributed by atoms with Gasteiger partial charge in [-0.05, 0) is 27.7 Å². The van der Waals surface area contributed by atoms with Crippen molar-refractivity contribution in [3.63, 3.8) is 0 Å². The van der Waals surface area contributed by atoms with E-state index in [-0.39, 0.29) is 0 Å². The Morgan fingerprint density at radius 1 is 0.722 bits per heavy atom. The summed E-state index contributed by atoms with van der Waals surface area (Å²) < 4.78 is 11.2. The van der Waals surface area contributed by atoms with Crippen LogP contribution < -0.4 is 0 Å². The first-order valence-electron chi connectivity index (χ1n) is 7.26. The lowest BCUT2D eigenvalue weighted by molar-refractivity contribution is 0.0284. The minimum atomic E-state index is 0.347. The zero-order valence-corrected chi connectivity index (χ0v) is 12.5. The van der Waals surface area contributed by atoms with Crippen LogP contribution in [0.2, 0.25) is 0 Å². The molecule has 0 radical (unpaired) electrons. The highest BCUT2D eigenvalue weighted by Gasteiger charge is 2.16. The van der Waals surface area contributed by atoms with Gasteiger partial charge in [0.15, 0.2) is 0 Å². The summed E-state index contributed by atoms with van der Waals surface area (Å²) in [6.07, 6.45) is 0.693. The summed E-state index contributed by atoms with van der Waals surface area (Å²) in [6, 6.07) is 0. The molecule has 0 atom stereocenters. The maximum absolute atomic E-state index is 5.59. The molecule has 1 saturated heterocycles. The van der Waals surface area contributed by atoms with Crippen LogP contribution in [0.1, 0.15) is 27.7 Å². The van der Waals surface area contributed by atoms with Gasteiger partial charge in [-0.1, -0.05) is 0 Å². The molecule has 18 heavy (non-hydrogen) atoms. The van der Waals surface area contributed by atoms with Gasteiger partial charge in [0.1, 0.15) is 0 Å². The number of hydrogen-bond donors (Lipinski definition) is 0. The van der Waals surface area contributed by atoms with Gasteiger partial charge in [-0.15, -0.1) is 0 Å². The van der Waals surface area contributed by atoms with E-state index >= 15 is 0 Å². The van der Waals surface area contributed by atoms with Gasteiger partial charge in [-0.25, -0.2) is 0 Å². The smallest absolute Gasteiger partial charge is 0.0596 e. The second-order valence-electron chi connectivity index (χ2n) is 5.52. The summed E-state index contributed by atoms with van der Waals surface area (Å²) in [5.41, 5.74) is 0. The maximum atomic E-state index is 5.59. The van der Waals surface area contributed by atoms with Crippen LogP contribution in [-0.2, 0) is 9.47 Å². The summed E-state index contributed by atoms with van der Waals surface area (Å²) in [4.78, 5) is 4.98. The molecule has 1 aliphatic heterocycles. The first kappa shape index (κ1) is 15.9. The van der Waals surface area contributed by atoms with E-state index in [4.69, 9.17) is 9.47 Å². The highest BCUT2D eigenvalue weighted by atomic mass is 16.5. The average Bonchev–Trinajstić information content (AvgIpc) is 2.30. The van der Waals surface area contributed by atoms with Crippen molar-refractivity contribution in [2.75, 3.05) is 52.5 Å². The Morgan fingerprint density at radius 3 is 1.33 bits per heavy atom. The molecule has 1 rings (SSSR count). The van der Waals surface area contributed by atoms with Crippen LogP contribution in [0, 0.1) is 0 Å². The van der Waals surface area contributed by atoms with Crippen molar-refractivity contribution in [3.8, 4) is 0 Å². The molecule has 1 aliphatic rings. The van der Waals surface area contributed by atoms with Gasteiger partial charge in [0.25, 0.3) is 0 Å². The molecular formula is C14H30N2O2. The molecule has 0 N–H and O–H groups in total. The third-order valence-corrected chi connectivity index (χ3v) is 3.18. The van der Waals surface area contributed by atoms with Crippen molar-refractivity contribution in [2.24, 2.45) is 0 Å². The molecular weight excluding hydrogens is 228 g/mol. The first-order chi connectivity index (χ1) is 8.58. The molecule has 0 aromatic carbocycles. The van der Waals surface area contributed by atoms with E-state index in [1.165, 1.54) is 0 Å². The fraction of sp³-hybridized carbons (Fsp3) is 1.00. The second kappa shape index (κ2) is 8.86. The van der Waals surface area contributed by atoms with E-state index in [2.05, 4.69) is 37.5 Å². The predicted octanol–water partition coefficient (Wildman–Crippen LogP) is 1.45. The van der Waals surface area contributed by atoms with E-state index in [0.717, 1.165) is 52.5 Å². The van der Waals surface area contributed by atoms with E-state index in [9.17, 15) is 0 Å². The summed E-state index contributed by atoms with van der Waals surface area (Å²) >= 11 is 0. The second-order valence-corrected chi connectivity index (χ2v) is 5.52. The molecule has 0 aliphatic carbocycles. The van der Waals surface area contributed by atoms with Crippen LogP contribution in [0.15, 0.2) is 0 Å². The molecule has 1 heterocycles. The summed E-state index contributed by atoms with van der Waals surface area (Å²) in [6.45, 7) is 16.8. The lowest BCUT2D eigenvalue weighted by atomic mass is 10.3. The van der Waals surface area contributed by atoms with Gasteiger partial charge in [-0.2, -0.15) is 0 Å². The Hall–Kier alpha value is -0.160. The molecule has 1 fully saturated rings. The fourth-order valence-corrected chi connectivity index (χ4v) is 2.07. The van der Waals surface area contributed by atoms with Crippen molar-refractivity contribution in [3.05, 3.63) is 0 Å². The van der Waals surface area contributed by atoms with Gasteiger partial charge in [0.2, 0.25) is 0 Å². The normalized spacial score (nSPS) is 19.0. The molecule has 0 aromatic heterocycles. The van der Waals surface area contributed by atoms with Gasteiger partial charge in [0, 0.05) is 39.3 Å². The third kappa shape index (κ3) is 7.31. The zero-order valence-electron chi connectivity index (χ0n) is 12.5. The zero-order chi connectivity index (χ0) is 13.4. The Morgan fingerprint density at radius 2 is 1.06 bits per heavy atom. The van der Waals surface area contributed by atoms with Crippen LogP contribution in [0.4, 0.5) is 0 Å². The molecule has 0 spiro atoms. The largest absolute Gasteiger partial charge is 0.377 e. The molecule has 0 unspecified atom stereocenters. The van der Waals surface area contributed by atoms with Crippen LogP contribution in [0.5, 0.6) is 0 Å². The number of nitrogens with zero attached hydrogens (tertiary/aromatic N) is 2. The Kier molecular flexibility index (Phi) is 7.82. The van der Waals surface area contributed by atoms with E-state index in [1.807, 2.05) is 0 Å². The van der Waals surface area contributed by atoms with Gasteiger partial charge < -0.3 is 9.47 Å². The first-order valence-corrected chi connectivity index (χ1v) is 7.26. The summed E-state index contributed by atoms with van der Waals surface area (Å²) in [7, 11) is 0. The van der Waals surface area contributed by atoms with E-state index in [0.29, 0.717) is 12.2 Å². The van der Waals surface area contributed by atoms with Crippen molar-refractivity contribution in [2.45, 2.75) is 39.9 Å². The summed E-state index contributed by atoms with van der Waals surface area (Å²) in [5, 5.41) is 0. The van der Waals surface area contributed by atoms with Crippen LogP contribution in [0.25, 0.3) is 0 Å². The lowest BCUT2D eigenvalue weighted by Crippen LogP contribution is -2.48. The molecule has 108 valence electrons. The predicted molar refractivity (Wildman–Crippen MR) is 75.1 cm³/mol. The standard InChI is InChI=1S/C14H30N2O2/c1-13(2)17-11-9-15-5-7-16(8-6-15)10-12-18-14(3)4/h13-14H,5-12H2,1-4H3. The molecule has 0 saturated carbocycles. The van der Waals surface area contributed by atoms with Crippen molar-refractivity contribution >= 4 is 0 Å². The van der Waals surface area contributed by atoms with Gasteiger partial charge in [-0.3, -0.25) is 9.80 Å². The van der Waals surface area contributed by atoms with Crippen molar-refractivity contribution in [1.82, 2.24) is 9.80 Å². The van der Waals surface area contributed by atoms with E-state index in [1.54, 1.807) is 0 Å². The fourth-order valence-electron chi connectivity index (χ4n) is 2.07. The topological polar surface area (TPSA) is 24.9 Å². The average molecular weight is 258 g/mol. The quantitative estimate of drug-likeness (QED) is 0.658. The van der Waals surface area contributed by atoms with Crippen molar-refractivity contribution in [1.29, 1.82) is 0 Å². The Labute approximate surface area is 112 Å². The van der Waals surface area contributed by atoms with Crippen LogP contribution in [-0.4, -0.2) is 74.5 Å². The third-order valence-electron chi connectivity index (χ3n) is 3.18. The number of piperazine rings is 1. The van der Waals surface area contributed by atoms with Crippen molar-refractivity contribution < 1.29 is 9.47 Å². The van der Waals surface area contributed by atoms with E-state index < -0.39 is 0 Å². The minimum Gasteiger partial charge on any atom is -0.377 e. The highest BCUT2D eigenvalue weighted by Crippen LogP contribution is 2.02. The SMILES string of the molecule is CC(C)OCCN1CCN(CCOC(C)C)CC1. The molecule has 4 heteroatoms. The molecule has 0 amide bonds. The number of ether oxygens (including phenoxy) is 2. The van der Waals surface area contributed by atoms with Crippen LogP contribution in [0.3, 0.4) is 0 Å². The lowest BCUT2D eigenvalue weighted by Gasteiger charge is -2.34. The molecule has 4 nitrogen and oxygen atoms in total. The Bertz CT molecular complexity index is 180. The van der Waals surface area contributed by atoms with Gasteiger partial charge >= 0.3 is 0 Å². The Balaban J connectivity index is 2.02. The molecule has 0 bridgehead atoms.